The fourth-order valence-corrected chi connectivity index (χ4v) is 1.45. The van der Waals surface area contributed by atoms with Gasteiger partial charge in [-0.25, -0.2) is 0 Å². The molecule has 1 N–H and O–H groups in total. The zero-order valence-electron chi connectivity index (χ0n) is 8.79. The van der Waals surface area contributed by atoms with Crippen molar-refractivity contribution in [3.05, 3.63) is 28.8 Å². The fourth-order valence-electron chi connectivity index (χ4n) is 1.26. The van der Waals surface area contributed by atoms with Crippen LogP contribution in [0.4, 0.5) is 0 Å². The topological polar surface area (TPSA) is 62.1 Å². The maximum absolute atomic E-state index is 11.4. The van der Waals surface area contributed by atoms with Gasteiger partial charge in [-0.05, 0) is 18.2 Å². The average molecular weight is 239 g/mol. The summed E-state index contributed by atoms with van der Waals surface area (Å²) in [6.07, 6.45) is 0.144. The molecular formula is C11H11ClN2O2. The lowest BCUT2D eigenvalue weighted by molar-refractivity contribution is -0.120. The number of hydrogen-bond acceptors (Lipinski definition) is 3. The van der Waals surface area contributed by atoms with Crippen LogP contribution in [0.2, 0.25) is 5.02 Å². The summed E-state index contributed by atoms with van der Waals surface area (Å²) in [6, 6.07) is 6.90. The van der Waals surface area contributed by atoms with Crippen LogP contribution in [0.25, 0.3) is 0 Å². The van der Waals surface area contributed by atoms with Crippen LogP contribution in [0.3, 0.4) is 0 Å². The first-order valence-corrected chi connectivity index (χ1v) is 5.01. The van der Waals surface area contributed by atoms with E-state index in [1.165, 1.54) is 7.11 Å². The largest absolute Gasteiger partial charge is 0.496 e. The van der Waals surface area contributed by atoms with Gasteiger partial charge < -0.3 is 10.1 Å². The van der Waals surface area contributed by atoms with E-state index in [1.807, 2.05) is 6.07 Å². The molecule has 0 spiro atoms. The lowest BCUT2D eigenvalue weighted by atomic mass is 10.1. The van der Waals surface area contributed by atoms with Gasteiger partial charge in [0, 0.05) is 10.6 Å². The van der Waals surface area contributed by atoms with Crippen LogP contribution in [0, 0.1) is 11.3 Å². The molecule has 0 aliphatic heterocycles. The Labute approximate surface area is 98.8 Å². The molecule has 4 nitrogen and oxygen atoms in total. The van der Waals surface area contributed by atoms with Gasteiger partial charge in [-0.1, -0.05) is 11.6 Å². The van der Waals surface area contributed by atoms with Crippen molar-refractivity contribution in [1.29, 1.82) is 5.26 Å². The van der Waals surface area contributed by atoms with Gasteiger partial charge in [0.15, 0.2) is 0 Å². The molecule has 1 aromatic carbocycles. The number of ether oxygens (including phenoxy) is 1. The van der Waals surface area contributed by atoms with Crippen LogP contribution >= 0.6 is 11.6 Å². The molecule has 1 rings (SSSR count). The number of hydrogen-bond donors (Lipinski definition) is 1. The molecule has 1 amide bonds. The fraction of sp³-hybridized carbons (Fsp3) is 0.273. The number of carbonyl (C=O) groups excluding carboxylic acids is 1. The number of benzene rings is 1. The van der Waals surface area contributed by atoms with Crippen molar-refractivity contribution in [2.45, 2.75) is 6.42 Å². The predicted molar refractivity (Wildman–Crippen MR) is 60.3 cm³/mol. The molecule has 0 bridgehead atoms. The van der Waals surface area contributed by atoms with Crippen molar-refractivity contribution in [1.82, 2.24) is 5.32 Å². The highest BCUT2D eigenvalue weighted by atomic mass is 35.5. The van der Waals surface area contributed by atoms with Crippen LogP contribution < -0.4 is 10.1 Å². The molecule has 0 radical (unpaired) electrons. The highest BCUT2D eigenvalue weighted by molar-refractivity contribution is 6.30. The van der Waals surface area contributed by atoms with Crippen LogP contribution in [0.15, 0.2) is 18.2 Å². The molecule has 0 unspecified atom stereocenters. The van der Waals surface area contributed by atoms with E-state index in [4.69, 9.17) is 21.6 Å². The summed E-state index contributed by atoms with van der Waals surface area (Å²) in [5.41, 5.74) is 0.699. The summed E-state index contributed by atoms with van der Waals surface area (Å²) < 4.78 is 5.10. The van der Waals surface area contributed by atoms with Gasteiger partial charge >= 0.3 is 0 Å². The summed E-state index contributed by atoms with van der Waals surface area (Å²) in [4.78, 5) is 11.4. The van der Waals surface area contributed by atoms with E-state index < -0.39 is 0 Å². The summed E-state index contributed by atoms with van der Waals surface area (Å²) >= 11 is 5.82. The first-order valence-electron chi connectivity index (χ1n) is 4.63. The van der Waals surface area contributed by atoms with E-state index in [1.54, 1.807) is 18.2 Å². The second kappa shape index (κ2) is 5.99. The third-order valence-corrected chi connectivity index (χ3v) is 2.19. The number of halogens is 1. The Balaban J connectivity index is 2.76. The standard InChI is InChI=1S/C11H11ClN2O2/c1-16-10-3-2-9(12)6-8(10)7-11(15)14-5-4-13/h2-3,6H,5,7H2,1H3,(H,14,15). The molecular weight excluding hydrogens is 228 g/mol. The molecule has 16 heavy (non-hydrogen) atoms. The number of nitrogens with zero attached hydrogens (tertiary/aromatic N) is 1. The molecule has 84 valence electrons. The third kappa shape index (κ3) is 3.44. The van der Waals surface area contributed by atoms with Gasteiger partial charge in [0.25, 0.3) is 0 Å². The lowest BCUT2D eigenvalue weighted by Gasteiger charge is -2.08. The highest BCUT2D eigenvalue weighted by Crippen LogP contribution is 2.22. The van der Waals surface area contributed by atoms with E-state index >= 15 is 0 Å². The number of amides is 1. The molecule has 0 fully saturated rings. The van der Waals surface area contributed by atoms with Crippen LogP contribution in [0.1, 0.15) is 5.56 Å². The Bertz CT molecular complexity index is 426. The second-order valence-electron chi connectivity index (χ2n) is 3.07. The quantitative estimate of drug-likeness (QED) is 0.810. The smallest absolute Gasteiger partial charge is 0.225 e. The van der Waals surface area contributed by atoms with E-state index in [0.717, 1.165) is 0 Å². The Morgan fingerprint density at radius 2 is 2.38 bits per heavy atom. The van der Waals surface area contributed by atoms with Crippen molar-refractivity contribution < 1.29 is 9.53 Å². The molecule has 5 heteroatoms. The minimum Gasteiger partial charge on any atom is -0.496 e. The number of methoxy groups -OCH3 is 1. The van der Waals surface area contributed by atoms with Crippen molar-refractivity contribution in [2.24, 2.45) is 0 Å². The number of rotatable bonds is 4. The first-order chi connectivity index (χ1) is 7.67. The molecule has 0 heterocycles. The van der Waals surface area contributed by atoms with Crippen LogP contribution in [0.5, 0.6) is 5.75 Å². The van der Waals surface area contributed by atoms with Crippen LogP contribution in [-0.4, -0.2) is 19.6 Å². The molecule has 0 aromatic heterocycles. The maximum Gasteiger partial charge on any atom is 0.225 e. The minimum atomic E-state index is -0.234. The van der Waals surface area contributed by atoms with Gasteiger partial charge in [0.05, 0.1) is 19.6 Å². The predicted octanol–water partition coefficient (Wildman–Crippen LogP) is 1.53. The average Bonchev–Trinajstić information content (AvgIpc) is 2.27. The summed E-state index contributed by atoms with van der Waals surface area (Å²) in [6.45, 7) is 0.00170. The SMILES string of the molecule is COc1ccc(Cl)cc1CC(=O)NCC#N. The highest BCUT2D eigenvalue weighted by Gasteiger charge is 2.08. The van der Waals surface area contributed by atoms with E-state index in [9.17, 15) is 4.79 Å². The Morgan fingerprint density at radius 1 is 1.62 bits per heavy atom. The van der Waals surface area contributed by atoms with Gasteiger partial charge in [0.2, 0.25) is 5.91 Å². The van der Waals surface area contributed by atoms with Gasteiger partial charge in [-0.2, -0.15) is 5.26 Å². The first kappa shape index (κ1) is 12.3. The van der Waals surface area contributed by atoms with E-state index in [-0.39, 0.29) is 18.9 Å². The van der Waals surface area contributed by atoms with Crippen molar-refractivity contribution in [3.8, 4) is 11.8 Å². The Kier molecular flexibility index (Phi) is 4.62. The molecule has 1 aromatic rings. The van der Waals surface area contributed by atoms with Crippen molar-refractivity contribution >= 4 is 17.5 Å². The van der Waals surface area contributed by atoms with Gasteiger partial charge in [-0.15, -0.1) is 0 Å². The zero-order valence-corrected chi connectivity index (χ0v) is 9.54. The Morgan fingerprint density at radius 3 is 3.00 bits per heavy atom. The normalized spacial score (nSPS) is 9.31. The maximum atomic E-state index is 11.4. The lowest BCUT2D eigenvalue weighted by Crippen LogP contribution is -2.25. The summed E-state index contributed by atoms with van der Waals surface area (Å²) in [5, 5.41) is 11.3. The second-order valence-corrected chi connectivity index (χ2v) is 3.50. The molecule has 0 aliphatic carbocycles. The third-order valence-electron chi connectivity index (χ3n) is 1.96. The molecule has 0 atom stereocenters. The Hall–Kier alpha value is -1.73. The van der Waals surface area contributed by atoms with Crippen molar-refractivity contribution in [3.63, 3.8) is 0 Å². The monoisotopic (exact) mass is 238 g/mol. The van der Waals surface area contributed by atoms with E-state index in [0.29, 0.717) is 16.3 Å². The molecule has 0 saturated carbocycles. The zero-order chi connectivity index (χ0) is 12.0. The van der Waals surface area contributed by atoms with E-state index in [2.05, 4.69) is 5.32 Å². The number of nitriles is 1. The minimum absolute atomic E-state index is 0.00170. The van der Waals surface area contributed by atoms with Gasteiger partial charge in [-0.3, -0.25) is 4.79 Å². The number of carbonyl (C=O) groups is 1. The van der Waals surface area contributed by atoms with Crippen molar-refractivity contribution in [2.75, 3.05) is 13.7 Å². The summed E-state index contributed by atoms with van der Waals surface area (Å²) in [5.74, 6) is 0.374. The summed E-state index contributed by atoms with van der Waals surface area (Å²) in [7, 11) is 1.53. The van der Waals surface area contributed by atoms with Gasteiger partial charge in [0.1, 0.15) is 12.3 Å². The van der Waals surface area contributed by atoms with Crippen LogP contribution in [-0.2, 0) is 11.2 Å². The molecule has 0 saturated heterocycles. The molecule has 0 aliphatic rings. The number of nitrogens with one attached hydrogen (secondary N) is 1.